The molecule has 43 heavy (non-hydrogen) atoms. The van der Waals surface area contributed by atoms with Gasteiger partial charge in [-0.15, -0.1) is 0 Å². The van der Waals surface area contributed by atoms with Crippen LogP contribution in [0.15, 0.2) is 35.3 Å². The highest BCUT2D eigenvalue weighted by molar-refractivity contribution is 6.05. The van der Waals surface area contributed by atoms with Crippen LogP contribution >= 0.6 is 0 Å². The number of carboxylic acid groups (broad SMARTS) is 1. The minimum absolute atomic E-state index is 0.0111. The van der Waals surface area contributed by atoms with E-state index in [0.29, 0.717) is 38.6 Å². The van der Waals surface area contributed by atoms with Crippen LogP contribution in [0.1, 0.15) is 74.6 Å². The summed E-state index contributed by atoms with van der Waals surface area (Å²) >= 11 is 0. The zero-order valence-electron chi connectivity index (χ0n) is 24.3. The van der Waals surface area contributed by atoms with E-state index in [2.05, 4.69) is 16.4 Å². The van der Waals surface area contributed by atoms with Crippen LogP contribution in [0.3, 0.4) is 0 Å². The Morgan fingerprint density at radius 2 is 1.79 bits per heavy atom. The van der Waals surface area contributed by atoms with Gasteiger partial charge in [0.15, 0.2) is 5.96 Å². The summed E-state index contributed by atoms with van der Waals surface area (Å²) < 4.78 is 0. The average Bonchev–Trinajstić information content (AvgIpc) is 3.47. The van der Waals surface area contributed by atoms with Crippen molar-refractivity contribution in [3.05, 3.63) is 35.9 Å². The highest BCUT2D eigenvalue weighted by atomic mass is 16.4. The zero-order valence-corrected chi connectivity index (χ0v) is 24.3. The molecular weight excluding hydrogens is 556 g/mol. The summed E-state index contributed by atoms with van der Waals surface area (Å²) in [6.45, 7) is 0.824. The number of likely N-dealkylation sites (tertiary alicyclic amines) is 1. The Morgan fingerprint density at radius 3 is 2.42 bits per heavy atom. The molecule has 2 rings (SSSR count). The molecule has 14 heteroatoms. The number of rotatable bonds is 17. The van der Waals surface area contributed by atoms with Gasteiger partial charge >= 0.3 is 5.97 Å². The number of aliphatic imine (C=N–C) groups is 1. The summed E-state index contributed by atoms with van der Waals surface area (Å²) in [5, 5.41) is 21.6. The highest BCUT2D eigenvalue weighted by Gasteiger charge is 2.42. The Balaban J connectivity index is 2.51. The van der Waals surface area contributed by atoms with Crippen LogP contribution in [0.5, 0.6) is 0 Å². The standard InChI is InChI=1S/C29H42N8O6/c30-16-6-2-5-13-24(38)37(23(12-7-17-34-29(32)33)28(43)36-18-8-11-21(36)19-31)27(42)22(14-15-25(39)40)35-26(41)20-9-3-1-4-10-20/h1,3-4,9-10,21-23H,2,5-8,11-18,30H2,(H,35,41)(H,39,40)(H4,32,33,34)/t21?,22-,23-/m0/s1. The van der Waals surface area contributed by atoms with E-state index in [9.17, 15) is 34.3 Å². The van der Waals surface area contributed by atoms with Crippen molar-refractivity contribution < 1.29 is 29.1 Å². The molecule has 1 unspecified atom stereocenters. The van der Waals surface area contributed by atoms with Crippen LogP contribution in [-0.2, 0) is 19.2 Å². The molecule has 234 valence electrons. The first-order chi connectivity index (χ1) is 20.6. The first-order valence-corrected chi connectivity index (χ1v) is 14.5. The fourth-order valence-corrected chi connectivity index (χ4v) is 4.90. The molecule has 0 saturated carbocycles. The molecule has 14 nitrogen and oxygen atoms in total. The number of benzene rings is 1. The SMILES string of the molecule is N#CC1CCCN1C(=O)[C@H](CCCN=C(N)N)N(C(=O)CCCCCN)C(=O)[C@H](CCC(=O)O)NC(=O)c1ccccc1. The Hall–Kier alpha value is -4.51. The summed E-state index contributed by atoms with van der Waals surface area (Å²) in [4.78, 5) is 72.5. The van der Waals surface area contributed by atoms with Crippen LogP contribution in [-0.4, -0.2) is 88.2 Å². The molecule has 1 fully saturated rings. The molecule has 0 aliphatic carbocycles. The largest absolute Gasteiger partial charge is 0.481 e. The van der Waals surface area contributed by atoms with Gasteiger partial charge in [0.25, 0.3) is 11.8 Å². The minimum atomic E-state index is -1.42. The maximum absolute atomic E-state index is 14.2. The molecule has 1 aromatic rings. The molecule has 1 aromatic carbocycles. The fourth-order valence-electron chi connectivity index (χ4n) is 4.90. The fraction of sp³-hybridized carbons (Fsp3) is 0.552. The van der Waals surface area contributed by atoms with Crippen molar-refractivity contribution in [3.63, 3.8) is 0 Å². The van der Waals surface area contributed by atoms with E-state index in [-0.39, 0.29) is 50.3 Å². The minimum Gasteiger partial charge on any atom is -0.481 e. The van der Waals surface area contributed by atoms with Gasteiger partial charge in [0.2, 0.25) is 11.8 Å². The summed E-state index contributed by atoms with van der Waals surface area (Å²) in [6, 6.07) is 6.67. The number of carbonyl (C=O) groups excluding carboxylic acids is 4. The Kier molecular flexibility index (Phi) is 14.6. The number of carbonyl (C=O) groups is 5. The predicted octanol–water partition coefficient (Wildman–Crippen LogP) is 0.461. The van der Waals surface area contributed by atoms with Crippen molar-refractivity contribution >= 4 is 35.6 Å². The monoisotopic (exact) mass is 598 g/mol. The van der Waals surface area contributed by atoms with Gasteiger partial charge in [0.05, 0.1) is 6.07 Å². The molecule has 3 atom stereocenters. The Bertz CT molecular complexity index is 1180. The first kappa shape index (κ1) is 34.7. The number of unbranched alkanes of at least 4 members (excludes halogenated alkanes) is 2. The van der Waals surface area contributed by atoms with E-state index in [1.54, 1.807) is 18.2 Å². The maximum Gasteiger partial charge on any atom is 0.303 e. The number of guanidine groups is 1. The second-order valence-electron chi connectivity index (χ2n) is 10.3. The van der Waals surface area contributed by atoms with E-state index in [1.165, 1.54) is 17.0 Å². The number of hydrogen-bond donors (Lipinski definition) is 5. The maximum atomic E-state index is 14.2. The average molecular weight is 599 g/mol. The van der Waals surface area contributed by atoms with Gasteiger partial charge in [-0.3, -0.25) is 33.9 Å². The lowest BCUT2D eigenvalue weighted by atomic mass is 10.0. The van der Waals surface area contributed by atoms with E-state index in [1.807, 2.05) is 0 Å². The van der Waals surface area contributed by atoms with Crippen LogP contribution in [0.2, 0.25) is 0 Å². The predicted molar refractivity (Wildman–Crippen MR) is 158 cm³/mol. The van der Waals surface area contributed by atoms with Crippen LogP contribution < -0.4 is 22.5 Å². The number of nitrogens with two attached hydrogens (primary N) is 3. The normalized spacial score (nSPS) is 15.5. The number of nitriles is 1. The second-order valence-corrected chi connectivity index (χ2v) is 10.3. The molecule has 0 radical (unpaired) electrons. The molecule has 1 aliphatic rings. The molecule has 4 amide bonds. The van der Waals surface area contributed by atoms with Crippen molar-refractivity contribution in [2.45, 2.75) is 82.3 Å². The molecule has 0 spiro atoms. The summed E-state index contributed by atoms with van der Waals surface area (Å²) in [5.41, 5.74) is 16.7. The highest BCUT2D eigenvalue weighted by Crippen LogP contribution is 2.23. The van der Waals surface area contributed by atoms with Crippen LogP contribution in [0, 0.1) is 11.3 Å². The molecule has 8 N–H and O–H groups in total. The van der Waals surface area contributed by atoms with E-state index in [0.717, 1.165) is 4.90 Å². The quantitative estimate of drug-likeness (QED) is 0.0942. The third kappa shape index (κ3) is 11.0. The summed E-state index contributed by atoms with van der Waals surface area (Å²) in [6.07, 6.45) is 2.05. The van der Waals surface area contributed by atoms with Gasteiger partial charge in [-0.1, -0.05) is 24.6 Å². The zero-order chi connectivity index (χ0) is 31.8. The Morgan fingerprint density at radius 1 is 1.07 bits per heavy atom. The Labute approximate surface area is 251 Å². The van der Waals surface area contributed by atoms with Crippen molar-refractivity contribution in [2.24, 2.45) is 22.2 Å². The number of imide groups is 1. The molecule has 0 bridgehead atoms. The smallest absolute Gasteiger partial charge is 0.303 e. The molecule has 1 heterocycles. The van der Waals surface area contributed by atoms with Gasteiger partial charge in [0, 0.05) is 31.5 Å². The van der Waals surface area contributed by atoms with Gasteiger partial charge < -0.3 is 32.5 Å². The van der Waals surface area contributed by atoms with E-state index >= 15 is 0 Å². The molecule has 1 saturated heterocycles. The number of hydrogen-bond acceptors (Lipinski definition) is 8. The number of carboxylic acids is 1. The number of amides is 4. The first-order valence-electron chi connectivity index (χ1n) is 14.5. The van der Waals surface area contributed by atoms with Crippen molar-refractivity contribution in [1.29, 1.82) is 5.26 Å². The summed E-state index contributed by atoms with van der Waals surface area (Å²) in [7, 11) is 0. The third-order valence-electron chi connectivity index (χ3n) is 7.10. The number of nitrogens with zero attached hydrogens (tertiary/aromatic N) is 4. The van der Waals surface area contributed by atoms with Gasteiger partial charge in [0.1, 0.15) is 18.1 Å². The lowest BCUT2D eigenvalue weighted by Crippen LogP contribution is -2.59. The van der Waals surface area contributed by atoms with Crippen LogP contribution in [0.4, 0.5) is 0 Å². The van der Waals surface area contributed by atoms with E-state index < -0.39 is 54.1 Å². The lowest BCUT2D eigenvalue weighted by molar-refractivity contribution is -0.156. The number of nitrogens with one attached hydrogen (secondary N) is 1. The topological polar surface area (TPSA) is 238 Å². The van der Waals surface area contributed by atoms with Gasteiger partial charge in [-0.05, 0) is 63.6 Å². The second kappa shape index (κ2) is 18.1. The van der Waals surface area contributed by atoms with E-state index in [4.69, 9.17) is 17.2 Å². The third-order valence-corrected chi connectivity index (χ3v) is 7.10. The van der Waals surface area contributed by atoms with Gasteiger partial charge in [-0.25, -0.2) is 0 Å². The van der Waals surface area contributed by atoms with Crippen molar-refractivity contribution in [1.82, 2.24) is 15.1 Å². The molecule has 0 aromatic heterocycles. The van der Waals surface area contributed by atoms with Crippen LogP contribution in [0.25, 0.3) is 0 Å². The van der Waals surface area contributed by atoms with Gasteiger partial charge in [-0.2, -0.15) is 5.26 Å². The lowest BCUT2D eigenvalue weighted by Gasteiger charge is -2.35. The summed E-state index contributed by atoms with van der Waals surface area (Å²) in [5.74, 6) is -4.13. The van der Waals surface area contributed by atoms with Crippen molar-refractivity contribution in [3.8, 4) is 6.07 Å². The van der Waals surface area contributed by atoms with Crippen molar-refractivity contribution in [2.75, 3.05) is 19.6 Å². The molecule has 1 aliphatic heterocycles. The number of aliphatic carboxylic acids is 1. The molecular formula is C29H42N8O6.